The molecule has 2 aliphatic heterocycles. The van der Waals surface area contributed by atoms with Crippen molar-refractivity contribution < 1.29 is 19.2 Å². The number of piperidine rings is 2. The Bertz CT molecular complexity index is 745. The molecule has 0 radical (unpaired) electrons. The predicted molar refractivity (Wildman–Crippen MR) is 104 cm³/mol. The Morgan fingerprint density at radius 2 is 1.93 bits per heavy atom. The predicted octanol–water partition coefficient (Wildman–Crippen LogP) is 3.00. The van der Waals surface area contributed by atoms with Crippen LogP contribution in [0.3, 0.4) is 0 Å². The lowest BCUT2D eigenvalue weighted by atomic mass is 10.0. The second-order valence-electron chi connectivity index (χ2n) is 7.67. The van der Waals surface area contributed by atoms with Gasteiger partial charge in [0.2, 0.25) is 0 Å². The zero-order valence-electron chi connectivity index (χ0n) is 16.3. The molecule has 1 aromatic carbocycles. The second kappa shape index (κ2) is 9.03. The van der Waals surface area contributed by atoms with Gasteiger partial charge in [-0.05, 0) is 50.2 Å². The summed E-state index contributed by atoms with van der Waals surface area (Å²) in [4.78, 5) is 39.3. The monoisotopic (exact) mass is 389 g/mol. The summed E-state index contributed by atoms with van der Waals surface area (Å²) in [6, 6.07) is 4.39. The fourth-order valence-corrected chi connectivity index (χ4v) is 3.92. The van der Waals surface area contributed by atoms with E-state index in [1.165, 1.54) is 12.1 Å². The Labute approximate surface area is 164 Å². The zero-order valence-corrected chi connectivity index (χ0v) is 16.3. The van der Waals surface area contributed by atoms with Crippen molar-refractivity contribution in [2.24, 2.45) is 5.92 Å². The van der Waals surface area contributed by atoms with E-state index in [9.17, 15) is 19.7 Å². The number of nitrogens with zero attached hydrogens (tertiary/aromatic N) is 3. The minimum atomic E-state index is -0.716. The highest BCUT2D eigenvalue weighted by Crippen LogP contribution is 2.31. The van der Waals surface area contributed by atoms with E-state index in [1.54, 1.807) is 11.0 Å². The van der Waals surface area contributed by atoms with Gasteiger partial charge in [-0.3, -0.25) is 14.9 Å². The lowest BCUT2D eigenvalue weighted by molar-refractivity contribution is -0.384. The molecule has 1 amide bonds. The first-order valence-electron chi connectivity index (χ1n) is 9.94. The van der Waals surface area contributed by atoms with Crippen molar-refractivity contribution in [1.29, 1.82) is 0 Å². The molecule has 2 aliphatic rings. The van der Waals surface area contributed by atoms with Gasteiger partial charge in [0, 0.05) is 32.2 Å². The Kier molecular flexibility index (Phi) is 6.49. The summed E-state index contributed by atoms with van der Waals surface area (Å²) in [5.74, 6) is -0.496. The highest BCUT2D eigenvalue weighted by molar-refractivity contribution is 5.93. The number of carbonyl (C=O) groups is 2. The molecule has 1 atom stereocenters. The number of carbonyl (C=O) groups excluding carboxylic acids is 2. The first-order chi connectivity index (χ1) is 13.5. The van der Waals surface area contributed by atoms with E-state index < -0.39 is 10.9 Å². The molecule has 152 valence electrons. The number of rotatable bonds is 5. The Morgan fingerprint density at radius 3 is 2.61 bits per heavy atom. The average Bonchev–Trinajstić information content (AvgIpc) is 2.72. The van der Waals surface area contributed by atoms with E-state index in [1.807, 2.05) is 4.90 Å². The first kappa shape index (κ1) is 20.1. The van der Waals surface area contributed by atoms with Crippen LogP contribution in [0.2, 0.25) is 0 Å². The van der Waals surface area contributed by atoms with Crippen LogP contribution in [0.15, 0.2) is 18.2 Å². The number of likely N-dealkylation sites (tertiary alicyclic amines) is 1. The minimum Gasteiger partial charge on any atom is -0.452 e. The third kappa shape index (κ3) is 4.79. The Morgan fingerprint density at radius 1 is 1.18 bits per heavy atom. The van der Waals surface area contributed by atoms with Gasteiger partial charge >= 0.3 is 5.97 Å². The molecule has 8 nitrogen and oxygen atoms in total. The average molecular weight is 389 g/mol. The van der Waals surface area contributed by atoms with Crippen molar-refractivity contribution in [3.63, 3.8) is 0 Å². The van der Waals surface area contributed by atoms with Crippen LogP contribution in [0.4, 0.5) is 11.4 Å². The van der Waals surface area contributed by atoms with Gasteiger partial charge in [-0.2, -0.15) is 0 Å². The Hall–Kier alpha value is -2.64. The number of nitro groups is 1. The van der Waals surface area contributed by atoms with E-state index >= 15 is 0 Å². The van der Waals surface area contributed by atoms with E-state index in [4.69, 9.17) is 4.74 Å². The topological polar surface area (TPSA) is 93.0 Å². The summed E-state index contributed by atoms with van der Waals surface area (Å²) in [6.07, 6.45) is 5.16. The fourth-order valence-electron chi connectivity index (χ4n) is 3.92. The van der Waals surface area contributed by atoms with E-state index in [-0.39, 0.29) is 23.8 Å². The number of hydrogen-bond donors (Lipinski definition) is 0. The van der Waals surface area contributed by atoms with Crippen LogP contribution < -0.4 is 4.90 Å². The van der Waals surface area contributed by atoms with E-state index in [2.05, 4.69) is 6.92 Å². The third-order valence-electron chi connectivity index (χ3n) is 5.44. The number of benzene rings is 1. The van der Waals surface area contributed by atoms with Crippen molar-refractivity contribution in [2.45, 2.75) is 39.0 Å². The smallest absolute Gasteiger partial charge is 0.338 e. The SMILES string of the molecule is C[C@@H]1CCCN(C(=O)COC(=O)c2ccc(N3CCCCC3)c([N+](=O)[O-])c2)C1. The van der Waals surface area contributed by atoms with Crippen LogP contribution in [-0.4, -0.2) is 54.5 Å². The van der Waals surface area contributed by atoms with Crippen molar-refractivity contribution >= 4 is 23.3 Å². The molecular formula is C20H27N3O5. The quantitative estimate of drug-likeness (QED) is 0.437. The lowest BCUT2D eigenvalue weighted by Gasteiger charge is -2.30. The Balaban J connectivity index is 1.65. The van der Waals surface area contributed by atoms with Crippen molar-refractivity contribution in [3.8, 4) is 0 Å². The third-order valence-corrected chi connectivity index (χ3v) is 5.44. The number of esters is 1. The molecule has 0 unspecified atom stereocenters. The lowest BCUT2D eigenvalue weighted by Crippen LogP contribution is -2.41. The molecule has 0 saturated carbocycles. The van der Waals surface area contributed by atoms with Gasteiger partial charge in [-0.25, -0.2) is 4.79 Å². The normalized spacial score (nSPS) is 20.0. The molecule has 2 fully saturated rings. The molecule has 0 N–H and O–H groups in total. The van der Waals surface area contributed by atoms with Crippen molar-refractivity contribution in [2.75, 3.05) is 37.7 Å². The maximum atomic E-state index is 12.3. The molecule has 0 spiro atoms. The van der Waals surface area contributed by atoms with Crippen molar-refractivity contribution in [1.82, 2.24) is 4.90 Å². The summed E-state index contributed by atoms with van der Waals surface area (Å²) in [5, 5.41) is 11.5. The molecule has 0 aromatic heterocycles. The van der Waals surface area contributed by atoms with Gasteiger partial charge < -0.3 is 14.5 Å². The van der Waals surface area contributed by atoms with Crippen molar-refractivity contribution in [3.05, 3.63) is 33.9 Å². The zero-order chi connectivity index (χ0) is 20.1. The molecule has 8 heteroatoms. The highest BCUT2D eigenvalue weighted by atomic mass is 16.6. The first-order valence-corrected chi connectivity index (χ1v) is 9.94. The molecule has 0 aliphatic carbocycles. The van der Waals surface area contributed by atoms with Gasteiger partial charge in [-0.1, -0.05) is 6.92 Å². The van der Waals surface area contributed by atoms with E-state index in [0.29, 0.717) is 24.7 Å². The van der Waals surface area contributed by atoms with E-state index in [0.717, 1.165) is 45.2 Å². The van der Waals surface area contributed by atoms with Gasteiger partial charge in [0.15, 0.2) is 6.61 Å². The summed E-state index contributed by atoms with van der Waals surface area (Å²) < 4.78 is 5.13. The van der Waals surface area contributed by atoms with Gasteiger partial charge in [0.05, 0.1) is 10.5 Å². The van der Waals surface area contributed by atoms with Gasteiger partial charge in [-0.15, -0.1) is 0 Å². The number of nitro benzene ring substituents is 1. The van der Waals surface area contributed by atoms with Crippen LogP contribution in [0.25, 0.3) is 0 Å². The van der Waals surface area contributed by atoms with Crippen LogP contribution in [0, 0.1) is 16.0 Å². The standard InChI is InChI=1S/C20H27N3O5/c1-15-6-5-11-22(13-15)19(24)14-28-20(25)16-7-8-17(18(12-16)23(26)27)21-9-3-2-4-10-21/h7-8,12,15H,2-6,9-11,13-14H2,1H3/t15-/m1/s1. The van der Waals surface area contributed by atoms with Crippen LogP contribution in [0.5, 0.6) is 0 Å². The summed E-state index contributed by atoms with van der Waals surface area (Å²) in [7, 11) is 0. The molecule has 2 heterocycles. The van der Waals surface area contributed by atoms with Crippen LogP contribution in [-0.2, 0) is 9.53 Å². The molecule has 1 aromatic rings. The largest absolute Gasteiger partial charge is 0.452 e. The summed E-state index contributed by atoms with van der Waals surface area (Å²) in [6.45, 7) is 4.64. The molecular weight excluding hydrogens is 362 g/mol. The second-order valence-corrected chi connectivity index (χ2v) is 7.67. The fraction of sp³-hybridized carbons (Fsp3) is 0.600. The summed E-state index contributed by atoms with van der Waals surface area (Å²) >= 11 is 0. The number of hydrogen-bond acceptors (Lipinski definition) is 6. The number of amides is 1. The highest BCUT2D eigenvalue weighted by Gasteiger charge is 2.25. The molecule has 2 saturated heterocycles. The van der Waals surface area contributed by atoms with Crippen LogP contribution >= 0.6 is 0 Å². The molecule has 3 rings (SSSR count). The minimum absolute atomic E-state index is 0.0901. The molecule has 0 bridgehead atoms. The maximum Gasteiger partial charge on any atom is 0.338 e. The number of ether oxygens (including phenoxy) is 1. The van der Waals surface area contributed by atoms with Gasteiger partial charge in [0.25, 0.3) is 11.6 Å². The summed E-state index contributed by atoms with van der Waals surface area (Å²) in [5.41, 5.74) is 0.513. The van der Waals surface area contributed by atoms with Crippen LogP contribution in [0.1, 0.15) is 49.4 Å². The molecule has 28 heavy (non-hydrogen) atoms. The van der Waals surface area contributed by atoms with Gasteiger partial charge in [0.1, 0.15) is 5.69 Å². The number of anilines is 1. The maximum absolute atomic E-state index is 12.3.